The number of nitrogens with zero attached hydrogens (tertiary/aromatic N) is 3. The van der Waals surface area contributed by atoms with Crippen molar-refractivity contribution in [3.05, 3.63) is 192 Å². The van der Waals surface area contributed by atoms with Crippen LogP contribution in [0.5, 0.6) is 0 Å². The molecule has 0 radical (unpaired) electrons. The molecule has 53 heavy (non-hydrogen) atoms. The van der Waals surface area contributed by atoms with Crippen LogP contribution in [0.25, 0.3) is 67.5 Å². The lowest BCUT2D eigenvalue weighted by atomic mass is 9.70. The van der Waals surface area contributed by atoms with Gasteiger partial charge in [-0.25, -0.2) is 15.0 Å². The first-order chi connectivity index (χ1) is 25.9. The zero-order valence-electron chi connectivity index (χ0n) is 29.7. The average Bonchev–Trinajstić information content (AvgIpc) is 3.68. The molecule has 0 N–H and O–H groups in total. The van der Waals surface area contributed by atoms with Gasteiger partial charge in [0.05, 0.1) is 5.41 Å². The van der Waals surface area contributed by atoms with Gasteiger partial charge in [-0.3, -0.25) is 0 Å². The molecule has 2 aliphatic rings. The third-order valence-electron chi connectivity index (χ3n) is 10.9. The molecule has 0 fully saturated rings. The molecule has 252 valence electrons. The van der Waals surface area contributed by atoms with Crippen LogP contribution < -0.4 is 5.30 Å². The molecule has 4 heteroatoms. The Bertz CT molecular complexity index is 2720. The maximum atomic E-state index is 5.20. The predicted molar refractivity (Wildman–Crippen MR) is 223 cm³/mol. The maximum Gasteiger partial charge on any atom is 0.164 e. The van der Waals surface area contributed by atoms with Gasteiger partial charge in [-0.05, 0) is 86.4 Å². The lowest BCUT2D eigenvalue weighted by Gasteiger charge is -2.31. The highest BCUT2D eigenvalue weighted by atomic mass is 31.2. The van der Waals surface area contributed by atoms with E-state index >= 15 is 0 Å². The Morgan fingerprint density at radius 1 is 0.377 bits per heavy atom. The first-order valence-corrected chi connectivity index (χ1v) is 20.9. The van der Waals surface area contributed by atoms with E-state index < -0.39 is 12.3 Å². The second-order valence-corrected chi connectivity index (χ2v) is 18.5. The average molecular weight is 698 g/mol. The van der Waals surface area contributed by atoms with Gasteiger partial charge in [-0.2, -0.15) is 0 Å². The molecular formula is C49H36N3P. The van der Waals surface area contributed by atoms with Gasteiger partial charge in [0.1, 0.15) is 0 Å². The molecule has 0 saturated heterocycles. The summed E-state index contributed by atoms with van der Waals surface area (Å²) in [6.45, 7) is 3.06. The van der Waals surface area contributed by atoms with E-state index in [4.69, 9.17) is 15.0 Å². The first-order valence-electron chi connectivity index (χ1n) is 18.0. The van der Waals surface area contributed by atoms with Gasteiger partial charge in [-0.15, -0.1) is 0 Å². The summed E-state index contributed by atoms with van der Waals surface area (Å²) in [5, 5.41) is 1.33. The number of hydrogen-bond donors (Lipinski definition) is 0. The summed E-state index contributed by atoms with van der Waals surface area (Å²) in [4.78, 5) is 15.4. The van der Waals surface area contributed by atoms with Gasteiger partial charge in [0.25, 0.3) is 0 Å². The van der Waals surface area contributed by atoms with Crippen LogP contribution in [0.4, 0.5) is 0 Å². The van der Waals surface area contributed by atoms with Gasteiger partial charge >= 0.3 is 0 Å². The van der Waals surface area contributed by atoms with Gasteiger partial charge < -0.3 is 0 Å². The van der Waals surface area contributed by atoms with E-state index in [1.165, 1.54) is 55.4 Å². The van der Waals surface area contributed by atoms with Crippen LogP contribution >= 0.6 is 6.89 Å². The summed E-state index contributed by atoms with van der Waals surface area (Å²) < 4.78 is 0. The summed E-state index contributed by atoms with van der Waals surface area (Å²) >= 11 is 0. The Balaban J connectivity index is 1.20. The lowest BCUT2D eigenvalue weighted by molar-refractivity contribution is 0.794. The van der Waals surface area contributed by atoms with Crippen LogP contribution in [0.15, 0.2) is 170 Å². The molecular weight excluding hydrogens is 662 g/mol. The zero-order chi connectivity index (χ0) is 35.7. The van der Waals surface area contributed by atoms with Crippen molar-refractivity contribution in [2.75, 3.05) is 13.3 Å². The molecule has 0 bridgehead atoms. The number of hydrogen-bond acceptors (Lipinski definition) is 3. The van der Waals surface area contributed by atoms with Gasteiger partial charge in [-0.1, -0.05) is 171 Å². The molecule has 0 unspecified atom stereocenters. The Labute approximate surface area is 310 Å². The second kappa shape index (κ2) is 12.0. The topological polar surface area (TPSA) is 38.7 Å². The van der Waals surface area contributed by atoms with Gasteiger partial charge in [0, 0.05) is 16.7 Å². The van der Waals surface area contributed by atoms with E-state index in [1.54, 1.807) is 0 Å². The Kier molecular flexibility index (Phi) is 7.12. The Morgan fingerprint density at radius 2 is 0.774 bits per heavy atom. The molecule has 0 aliphatic heterocycles. The fourth-order valence-corrected chi connectivity index (χ4v) is 9.39. The third kappa shape index (κ3) is 4.92. The molecule has 1 aromatic heterocycles. The smallest absolute Gasteiger partial charge is 0.164 e. The minimum absolute atomic E-state index is 0.482. The molecule has 0 saturated carbocycles. The van der Waals surface area contributed by atoms with Crippen LogP contribution in [0.2, 0.25) is 0 Å². The van der Waals surface area contributed by atoms with Crippen LogP contribution in [0, 0.1) is 0 Å². The quantitative estimate of drug-likeness (QED) is 0.168. The lowest BCUT2D eigenvalue weighted by Crippen LogP contribution is -2.27. The summed E-state index contributed by atoms with van der Waals surface area (Å²) in [6.07, 6.45) is 4.65. The first kappa shape index (κ1) is 31.6. The monoisotopic (exact) mass is 697 g/mol. The molecule has 0 atom stereocenters. The fourth-order valence-electron chi connectivity index (χ4n) is 8.44. The van der Waals surface area contributed by atoms with E-state index in [9.17, 15) is 0 Å². The highest BCUT2D eigenvalue weighted by Crippen LogP contribution is 2.63. The minimum atomic E-state index is -1.55. The molecule has 0 amide bonds. The highest BCUT2D eigenvalue weighted by Gasteiger charge is 2.51. The predicted octanol–water partition coefficient (Wildman–Crippen LogP) is 11.2. The molecule has 1 heterocycles. The number of fused-ring (bicyclic) bond motifs is 10. The van der Waals surface area contributed by atoms with Gasteiger partial charge in [0.2, 0.25) is 0 Å². The second-order valence-electron chi connectivity index (χ2n) is 14.6. The Hall–Kier alpha value is -6.15. The van der Waals surface area contributed by atoms with Crippen LogP contribution in [-0.2, 0) is 5.41 Å². The van der Waals surface area contributed by atoms with Crippen molar-refractivity contribution in [1.29, 1.82) is 0 Å². The van der Waals surface area contributed by atoms with Crippen molar-refractivity contribution in [3.63, 3.8) is 0 Å². The summed E-state index contributed by atoms with van der Waals surface area (Å²) in [7, 11) is 0. The molecule has 8 aromatic rings. The van der Waals surface area contributed by atoms with Crippen molar-refractivity contribution >= 4 is 18.5 Å². The van der Waals surface area contributed by atoms with Crippen molar-refractivity contribution in [1.82, 2.24) is 15.0 Å². The Morgan fingerprint density at radius 3 is 1.36 bits per heavy atom. The van der Waals surface area contributed by atoms with E-state index in [2.05, 4.69) is 165 Å². The number of benzene rings is 7. The summed E-state index contributed by atoms with van der Waals surface area (Å²) in [6, 6.07) is 61.0. The third-order valence-corrected chi connectivity index (χ3v) is 12.6. The van der Waals surface area contributed by atoms with E-state index in [0.29, 0.717) is 17.5 Å². The largest absolute Gasteiger partial charge is 0.208 e. The van der Waals surface area contributed by atoms with Crippen molar-refractivity contribution in [2.24, 2.45) is 0 Å². The maximum absolute atomic E-state index is 5.20. The number of rotatable bonds is 5. The highest BCUT2D eigenvalue weighted by molar-refractivity contribution is 7.79. The normalized spacial score (nSPS) is 13.3. The van der Waals surface area contributed by atoms with Crippen LogP contribution in [0.3, 0.4) is 0 Å². The molecule has 10 rings (SSSR count). The minimum Gasteiger partial charge on any atom is -0.208 e. The van der Waals surface area contributed by atoms with E-state index in [0.717, 1.165) is 22.3 Å². The number of aromatic nitrogens is 3. The summed E-state index contributed by atoms with van der Waals surface area (Å²) in [5.41, 5.74) is 15.0. The van der Waals surface area contributed by atoms with Gasteiger partial charge in [0.15, 0.2) is 17.5 Å². The molecule has 3 nitrogen and oxygen atoms in total. The SMILES string of the molecule is C=P(C)(C)c1ccc2c(c1)C1(c3ccccc3-c3ccccc31)c1cc(-c3nc(-c4ccccc4)nc(-c4ccc(-c5ccccc5)cc4)n3)ccc1-2. The van der Waals surface area contributed by atoms with Crippen molar-refractivity contribution < 1.29 is 0 Å². The van der Waals surface area contributed by atoms with E-state index in [-0.39, 0.29) is 0 Å². The zero-order valence-corrected chi connectivity index (χ0v) is 30.6. The van der Waals surface area contributed by atoms with Crippen LogP contribution in [-0.4, -0.2) is 34.6 Å². The molecule has 1 spiro atoms. The molecule has 2 aliphatic carbocycles. The van der Waals surface area contributed by atoms with E-state index in [1.807, 2.05) is 24.3 Å². The standard InChI is InChI=1S/C49H36N3P/c1-53(2,3)37-27-29-41-40-28-26-36(30-44(40)49(45(41)31-37)42-20-12-10-18-38(42)39-19-11-13-21-43(39)49)48-51-46(34-16-8-5-9-17-34)50-47(52-48)35-24-22-33(23-25-35)32-14-6-4-7-15-32/h4-31H,1H2,2-3H3. The summed E-state index contributed by atoms with van der Waals surface area (Å²) in [5.74, 6) is 1.95. The molecule has 7 aromatic carbocycles. The van der Waals surface area contributed by atoms with Crippen LogP contribution in [0.1, 0.15) is 22.3 Å². The van der Waals surface area contributed by atoms with Crippen molar-refractivity contribution in [2.45, 2.75) is 5.41 Å². The van der Waals surface area contributed by atoms with Crippen molar-refractivity contribution in [3.8, 4) is 67.5 Å². The fraction of sp³-hybridized carbons (Fsp3) is 0.0612.